The first-order valence-corrected chi connectivity index (χ1v) is 10.8. The fourth-order valence-corrected chi connectivity index (χ4v) is 3.72. The Morgan fingerprint density at radius 1 is 1.12 bits per heavy atom. The first kappa shape index (κ1) is 23.3. The number of carbonyl (C=O) groups is 3. The van der Waals surface area contributed by atoms with Crippen LogP contribution in [-0.2, 0) is 20.5 Å². The van der Waals surface area contributed by atoms with E-state index in [2.05, 4.69) is 31.4 Å². The standard InChI is InChI=1S/C25H31N3O4/c1-7-32-20-11-9-8-10-19(20)26-21(29)16(2)28-22(30)25(6,27-23(28)31)18-14-12-17(13-15-18)24(3,4)5/h8-16H,7H2,1-6H3,(H,26,29)(H,27,31). The maximum Gasteiger partial charge on any atom is 0.326 e. The lowest BCUT2D eigenvalue weighted by molar-refractivity contribution is -0.136. The first-order valence-electron chi connectivity index (χ1n) is 10.8. The molecule has 1 aliphatic rings. The van der Waals surface area contributed by atoms with E-state index < -0.39 is 29.4 Å². The summed E-state index contributed by atoms with van der Waals surface area (Å²) in [5, 5.41) is 5.54. The van der Waals surface area contributed by atoms with Crippen molar-refractivity contribution >= 4 is 23.5 Å². The molecule has 1 heterocycles. The SMILES string of the molecule is CCOc1ccccc1NC(=O)C(C)N1C(=O)NC(C)(c2ccc(C(C)(C)C)cc2)C1=O. The van der Waals surface area contributed by atoms with Crippen LogP contribution in [0.2, 0.25) is 0 Å². The zero-order chi connectivity index (χ0) is 23.7. The Kier molecular flexibility index (Phi) is 6.30. The second-order valence-electron chi connectivity index (χ2n) is 9.15. The molecule has 2 N–H and O–H groups in total. The van der Waals surface area contributed by atoms with Crippen LogP contribution in [0, 0.1) is 0 Å². The van der Waals surface area contributed by atoms with Crippen molar-refractivity contribution in [2.75, 3.05) is 11.9 Å². The van der Waals surface area contributed by atoms with Gasteiger partial charge in [0, 0.05) is 0 Å². The first-order chi connectivity index (χ1) is 15.0. The molecular weight excluding hydrogens is 406 g/mol. The number of amides is 4. The van der Waals surface area contributed by atoms with Crippen LogP contribution in [0.4, 0.5) is 10.5 Å². The number of rotatable bonds is 6. The number of ether oxygens (including phenoxy) is 1. The molecule has 2 aromatic rings. The van der Waals surface area contributed by atoms with Gasteiger partial charge in [-0.2, -0.15) is 0 Å². The van der Waals surface area contributed by atoms with E-state index in [9.17, 15) is 14.4 Å². The van der Waals surface area contributed by atoms with Crippen molar-refractivity contribution in [3.63, 3.8) is 0 Å². The largest absolute Gasteiger partial charge is 0.492 e. The van der Waals surface area contributed by atoms with Crippen molar-refractivity contribution in [2.45, 2.75) is 58.5 Å². The molecule has 32 heavy (non-hydrogen) atoms. The third-order valence-electron chi connectivity index (χ3n) is 5.76. The number of benzene rings is 2. The third kappa shape index (κ3) is 4.33. The average Bonchev–Trinajstić information content (AvgIpc) is 2.97. The van der Waals surface area contributed by atoms with Crippen LogP contribution in [0.15, 0.2) is 48.5 Å². The quantitative estimate of drug-likeness (QED) is 0.664. The summed E-state index contributed by atoms with van der Waals surface area (Å²) in [6.45, 7) is 11.8. The molecule has 2 unspecified atom stereocenters. The molecule has 7 nitrogen and oxygen atoms in total. The Bertz CT molecular complexity index is 1030. The summed E-state index contributed by atoms with van der Waals surface area (Å²) in [6.07, 6.45) is 0. The van der Waals surface area contributed by atoms with E-state index in [0.29, 0.717) is 23.6 Å². The van der Waals surface area contributed by atoms with Gasteiger partial charge in [0.15, 0.2) is 0 Å². The van der Waals surface area contributed by atoms with E-state index in [1.165, 1.54) is 6.92 Å². The van der Waals surface area contributed by atoms with Crippen molar-refractivity contribution in [3.8, 4) is 5.75 Å². The van der Waals surface area contributed by atoms with Gasteiger partial charge < -0.3 is 15.4 Å². The molecule has 0 aliphatic carbocycles. The number of imide groups is 1. The lowest BCUT2D eigenvalue weighted by atomic mass is 9.84. The highest BCUT2D eigenvalue weighted by atomic mass is 16.5. The number of nitrogens with one attached hydrogen (secondary N) is 2. The Morgan fingerprint density at radius 3 is 2.34 bits per heavy atom. The van der Waals surface area contributed by atoms with E-state index in [1.807, 2.05) is 31.2 Å². The summed E-state index contributed by atoms with van der Waals surface area (Å²) in [7, 11) is 0. The lowest BCUT2D eigenvalue weighted by Crippen LogP contribution is -2.47. The summed E-state index contributed by atoms with van der Waals surface area (Å²) in [5.74, 6) is -0.420. The van der Waals surface area contributed by atoms with Crippen LogP contribution < -0.4 is 15.4 Å². The molecule has 170 valence electrons. The van der Waals surface area contributed by atoms with Gasteiger partial charge in [-0.25, -0.2) is 9.69 Å². The second-order valence-corrected chi connectivity index (χ2v) is 9.15. The van der Waals surface area contributed by atoms with Gasteiger partial charge in [0.2, 0.25) is 5.91 Å². The molecule has 0 bridgehead atoms. The van der Waals surface area contributed by atoms with Crippen LogP contribution in [0.1, 0.15) is 52.7 Å². The lowest BCUT2D eigenvalue weighted by Gasteiger charge is -2.26. The monoisotopic (exact) mass is 437 g/mol. The predicted molar refractivity (Wildman–Crippen MR) is 124 cm³/mol. The summed E-state index contributed by atoms with van der Waals surface area (Å²) in [6, 6.07) is 13.1. The number of urea groups is 1. The Balaban J connectivity index is 1.81. The minimum Gasteiger partial charge on any atom is -0.492 e. The van der Waals surface area contributed by atoms with Gasteiger partial charge in [-0.1, -0.05) is 57.2 Å². The Labute approximate surface area is 189 Å². The summed E-state index contributed by atoms with van der Waals surface area (Å²) in [4.78, 5) is 40.0. The minimum atomic E-state index is -1.24. The minimum absolute atomic E-state index is 0.0290. The molecule has 2 atom stereocenters. The van der Waals surface area contributed by atoms with Gasteiger partial charge in [0.25, 0.3) is 5.91 Å². The van der Waals surface area contributed by atoms with Crippen molar-refractivity contribution < 1.29 is 19.1 Å². The third-order valence-corrected chi connectivity index (χ3v) is 5.76. The maximum atomic E-state index is 13.3. The molecular formula is C25H31N3O4. The summed E-state index contributed by atoms with van der Waals surface area (Å²) in [5.41, 5.74) is 1.00. The highest BCUT2D eigenvalue weighted by molar-refractivity contribution is 6.11. The van der Waals surface area contributed by atoms with Crippen LogP contribution in [-0.4, -0.2) is 35.4 Å². The molecule has 0 spiro atoms. The van der Waals surface area contributed by atoms with Gasteiger partial charge in [-0.15, -0.1) is 0 Å². The number of carbonyl (C=O) groups excluding carboxylic acids is 3. The molecule has 3 rings (SSSR count). The summed E-state index contributed by atoms with van der Waals surface area (Å²) >= 11 is 0. The maximum absolute atomic E-state index is 13.3. The van der Waals surface area contributed by atoms with E-state index in [4.69, 9.17) is 4.74 Å². The highest BCUT2D eigenvalue weighted by Crippen LogP contribution is 2.32. The van der Waals surface area contributed by atoms with Crippen molar-refractivity contribution in [1.29, 1.82) is 0 Å². The van der Waals surface area contributed by atoms with Gasteiger partial charge in [0.1, 0.15) is 17.3 Å². The highest BCUT2D eigenvalue weighted by Gasteiger charge is 2.51. The molecule has 1 saturated heterocycles. The molecule has 0 radical (unpaired) electrons. The van der Waals surface area contributed by atoms with E-state index in [1.54, 1.807) is 31.2 Å². The predicted octanol–water partition coefficient (Wildman–Crippen LogP) is 4.18. The fraction of sp³-hybridized carbons (Fsp3) is 0.400. The van der Waals surface area contributed by atoms with Crippen LogP contribution in [0.25, 0.3) is 0 Å². The molecule has 0 aromatic heterocycles. The molecule has 7 heteroatoms. The van der Waals surface area contributed by atoms with Crippen LogP contribution in [0.3, 0.4) is 0 Å². The van der Waals surface area contributed by atoms with Crippen LogP contribution >= 0.6 is 0 Å². The zero-order valence-corrected chi connectivity index (χ0v) is 19.5. The smallest absolute Gasteiger partial charge is 0.326 e. The molecule has 2 aromatic carbocycles. The van der Waals surface area contributed by atoms with E-state index in [-0.39, 0.29) is 5.41 Å². The molecule has 1 fully saturated rings. The number of hydrogen-bond donors (Lipinski definition) is 2. The topological polar surface area (TPSA) is 87.7 Å². The molecule has 0 saturated carbocycles. The van der Waals surface area contributed by atoms with Gasteiger partial charge in [0.05, 0.1) is 12.3 Å². The summed E-state index contributed by atoms with van der Waals surface area (Å²) < 4.78 is 5.54. The van der Waals surface area contributed by atoms with E-state index >= 15 is 0 Å². The van der Waals surface area contributed by atoms with Crippen molar-refractivity contribution in [1.82, 2.24) is 10.2 Å². The van der Waals surface area contributed by atoms with Gasteiger partial charge in [-0.3, -0.25) is 9.59 Å². The molecule has 4 amide bonds. The number of anilines is 1. The number of hydrogen-bond acceptors (Lipinski definition) is 4. The normalized spacial score (nSPS) is 19.5. The van der Waals surface area contributed by atoms with Crippen molar-refractivity contribution in [2.24, 2.45) is 0 Å². The zero-order valence-electron chi connectivity index (χ0n) is 19.5. The van der Waals surface area contributed by atoms with Gasteiger partial charge in [-0.05, 0) is 49.4 Å². The van der Waals surface area contributed by atoms with Gasteiger partial charge >= 0.3 is 6.03 Å². The number of para-hydroxylation sites is 2. The van der Waals surface area contributed by atoms with Crippen LogP contribution in [0.5, 0.6) is 5.75 Å². The van der Waals surface area contributed by atoms with E-state index in [0.717, 1.165) is 10.5 Å². The van der Waals surface area contributed by atoms with Crippen molar-refractivity contribution in [3.05, 3.63) is 59.7 Å². The fourth-order valence-electron chi connectivity index (χ4n) is 3.72. The molecule has 1 aliphatic heterocycles. The average molecular weight is 438 g/mol. The Morgan fingerprint density at radius 2 is 1.75 bits per heavy atom. The number of nitrogens with zero attached hydrogens (tertiary/aromatic N) is 1. The Hall–Kier alpha value is -3.35. The second kappa shape index (κ2) is 8.65.